The van der Waals surface area contributed by atoms with Crippen LogP contribution in [0.3, 0.4) is 0 Å². The maximum atomic E-state index is 13.5. The summed E-state index contributed by atoms with van der Waals surface area (Å²) in [4.78, 5) is 0. The molecule has 0 saturated carbocycles. The minimum Gasteiger partial charge on any atom is -0.377 e. The minimum atomic E-state index is -0.166. The summed E-state index contributed by atoms with van der Waals surface area (Å²) < 4.78 is 18.8. The number of hydrogen-bond acceptors (Lipinski definition) is 1. The van der Waals surface area contributed by atoms with Gasteiger partial charge in [-0.3, -0.25) is 0 Å². The third-order valence-corrected chi connectivity index (χ3v) is 2.61. The van der Waals surface area contributed by atoms with Gasteiger partial charge in [-0.25, -0.2) is 4.39 Å². The zero-order valence-electron chi connectivity index (χ0n) is 9.50. The van der Waals surface area contributed by atoms with Crippen molar-refractivity contribution in [3.8, 4) is 0 Å². The smallest absolute Gasteiger partial charge is 0.129 e. The monoisotopic (exact) mass is 210 g/mol. The van der Waals surface area contributed by atoms with Crippen molar-refractivity contribution in [3.05, 3.63) is 35.6 Å². The highest BCUT2D eigenvalue weighted by Crippen LogP contribution is 2.25. The fourth-order valence-corrected chi connectivity index (χ4v) is 1.72. The van der Waals surface area contributed by atoms with Crippen LogP contribution in [0.15, 0.2) is 24.3 Å². The summed E-state index contributed by atoms with van der Waals surface area (Å²) in [5, 5.41) is 0. The molecule has 0 heterocycles. The van der Waals surface area contributed by atoms with Crippen LogP contribution in [0.2, 0.25) is 0 Å². The highest BCUT2D eigenvalue weighted by atomic mass is 19.1. The van der Waals surface area contributed by atoms with Gasteiger partial charge in [-0.2, -0.15) is 0 Å². The second-order valence-electron chi connectivity index (χ2n) is 3.74. The lowest BCUT2D eigenvalue weighted by atomic mass is 10.0. The molecule has 0 aliphatic carbocycles. The van der Waals surface area contributed by atoms with Gasteiger partial charge in [-0.05, 0) is 12.5 Å². The van der Waals surface area contributed by atoms with E-state index in [9.17, 15) is 4.39 Å². The minimum absolute atomic E-state index is 0.0993. The average molecular weight is 210 g/mol. The second-order valence-corrected chi connectivity index (χ2v) is 3.74. The van der Waals surface area contributed by atoms with Crippen molar-refractivity contribution < 1.29 is 9.13 Å². The van der Waals surface area contributed by atoms with E-state index in [0.29, 0.717) is 5.56 Å². The molecule has 0 radical (unpaired) electrons. The van der Waals surface area contributed by atoms with Gasteiger partial charge in [0.1, 0.15) is 5.82 Å². The van der Waals surface area contributed by atoms with Crippen LogP contribution in [-0.2, 0) is 4.74 Å². The van der Waals surface area contributed by atoms with E-state index < -0.39 is 0 Å². The Kier molecular flexibility index (Phi) is 5.33. The summed E-state index contributed by atoms with van der Waals surface area (Å²) >= 11 is 0. The van der Waals surface area contributed by atoms with Crippen molar-refractivity contribution in [2.75, 3.05) is 7.11 Å². The topological polar surface area (TPSA) is 9.23 Å². The van der Waals surface area contributed by atoms with Gasteiger partial charge in [0, 0.05) is 12.7 Å². The van der Waals surface area contributed by atoms with Crippen molar-refractivity contribution in [1.82, 2.24) is 0 Å². The van der Waals surface area contributed by atoms with E-state index in [1.165, 1.54) is 18.9 Å². The SMILES string of the molecule is CCCCCC(OC)c1ccccc1F. The Morgan fingerprint density at radius 2 is 2.00 bits per heavy atom. The zero-order valence-corrected chi connectivity index (χ0v) is 9.50. The van der Waals surface area contributed by atoms with E-state index >= 15 is 0 Å². The lowest BCUT2D eigenvalue weighted by molar-refractivity contribution is 0.0901. The third kappa shape index (κ3) is 3.63. The maximum absolute atomic E-state index is 13.5. The van der Waals surface area contributed by atoms with E-state index in [1.54, 1.807) is 19.2 Å². The van der Waals surface area contributed by atoms with E-state index in [-0.39, 0.29) is 11.9 Å². The van der Waals surface area contributed by atoms with Crippen LogP contribution in [0.4, 0.5) is 4.39 Å². The number of methoxy groups -OCH3 is 1. The molecule has 1 aromatic rings. The van der Waals surface area contributed by atoms with Gasteiger partial charge in [0.25, 0.3) is 0 Å². The molecular formula is C13H19FO. The molecule has 0 saturated heterocycles. The molecule has 0 aliphatic rings. The van der Waals surface area contributed by atoms with Gasteiger partial charge in [-0.15, -0.1) is 0 Å². The van der Waals surface area contributed by atoms with Crippen LogP contribution >= 0.6 is 0 Å². The van der Waals surface area contributed by atoms with Gasteiger partial charge in [0.15, 0.2) is 0 Å². The van der Waals surface area contributed by atoms with Gasteiger partial charge in [0.2, 0.25) is 0 Å². The van der Waals surface area contributed by atoms with Crippen molar-refractivity contribution in [1.29, 1.82) is 0 Å². The summed E-state index contributed by atoms with van der Waals surface area (Å²) in [6, 6.07) is 6.85. The fraction of sp³-hybridized carbons (Fsp3) is 0.538. The lowest BCUT2D eigenvalue weighted by Crippen LogP contribution is -2.03. The van der Waals surface area contributed by atoms with Crippen LogP contribution in [0.1, 0.15) is 44.3 Å². The Morgan fingerprint density at radius 1 is 1.27 bits per heavy atom. The molecule has 15 heavy (non-hydrogen) atoms. The zero-order chi connectivity index (χ0) is 11.1. The molecule has 0 N–H and O–H groups in total. The molecule has 1 nitrogen and oxygen atoms in total. The Morgan fingerprint density at radius 3 is 2.60 bits per heavy atom. The quantitative estimate of drug-likeness (QED) is 0.642. The maximum Gasteiger partial charge on any atom is 0.129 e. The predicted octanol–water partition coefficient (Wildman–Crippen LogP) is 4.09. The first-order chi connectivity index (χ1) is 7.29. The third-order valence-electron chi connectivity index (χ3n) is 2.61. The van der Waals surface area contributed by atoms with E-state index in [4.69, 9.17) is 4.74 Å². The summed E-state index contributed by atoms with van der Waals surface area (Å²) in [6.07, 6.45) is 4.23. The number of ether oxygens (including phenoxy) is 1. The number of benzene rings is 1. The first-order valence-electron chi connectivity index (χ1n) is 5.56. The molecule has 0 aromatic heterocycles. The summed E-state index contributed by atoms with van der Waals surface area (Å²) in [5.41, 5.74) is 0.677. The first kappa shape index (κ1) is 12.2. The average Bonchev–Trinajstić information content (AvgIpc) is 2.26. The molecule has 1 atom stereocenters. The van der Waals surface area contributed by atoms with E-state index in [0.717, 1.165) is 12.8 Å². The van der Waals surface area contributed by atoms with Gasteiger partial charge >= 0.3 is 0 Å². The molecule has 0 amide bonds. The van der Waals surface area contributed by atoms with Crippen molar-refractivity contribution in [2.24, 2.45) is 0 Å². The van der Waals surface area contributed by atoms with Gasteiger partial charge in [0.05, 0.1) is 6.10 Å². The summed E-state index contributed by atoms with van der Waals surface area (Å²) in [6.45, 7) is 2.16. The Balaban J connectivity index is 2.61. The summed E-state index contributed by atoms with van der Waals surface area (Å²) in [5.74, 6) is -0.166. The highest BCUT2D eigenvalue weighted by molar-refractivity contribution is 5.19. The van der Waals surface area contributed by atoms with E-state index in [2.05, 4.69) is 6.92 Å². The first-order valence-corrected chi connectivity index (χ1v) is 5.56. The predicted molar refractivity (Wildman–Crippen MR) is 60.3 cm³/mol. The highest BCUT2D eigenvalue weighted by Gasteiger charge is 2.13. The number of halogens is 1. The molecule has 0 fully saturated rings. The molecule has 0 bridgehead atoms. The Hall–Kier alpha value is -0.890. The van der Waals surface area contributed by atoms with Crippen LogP contribution < -0.4 is 0 Å². The molecule has 0 spiro atoms. The van der Waals surface area contributed by atoms with Crippen molar-refractivity contribution in [3.63, 3.8) is 0 Å². The molecule has 1 aromatic carbocycles. The largest absolute Gasteiger partial charge is 0.377 e. The normalized spacial score (nSPS) is 12.7. The van der Waals surface area contributed by atoms with Gasteiger partial charge in [-0.1, -0.05) is 44.4 Å². The molecular weight excluding hydrogens is 191 g/mol. The second kappa shape index (κ2) is 6.57. The van der Waals surface area contributed by atoms with Crippen LogP contribution in [0.25, 0.3) is 0 Å². The van der Waals surface area contributed by atoms with E-state index in [1.807, 2.05) is 6.07 Å². The molecule has 84 valence electrons. The standard InChI is InChI=1S/C13H19FO/c1-3-4-5-10-13(15-2)11-8-6-7-9-12(11)14/h6-9,13H,3-5,10H2,1-2H3. The molecule has 2 heteroatoms. The molecule has 1 unspecified atom stereocenters. The fourth-order valence-electron chi connectivity index (χ4n) is 1.72. The van der Waals surface area contributed by atoms with Gasteiger partial charge < -0.3 is 4.74 Å². The van der Waals surface area contributed by atoms with Crippen molar-refractivity contribution >= 4 is 0 Å². The van der Waals surface area contributed by atoms with Crippen molar-refractivity contribution in [2.45, 2.75) is 38.7 Å². The lowest BCUT2D eigenvalue weighted by Gasteiger charge is -2.16. The Bertz CT molecular complexity index is 286. The summed E-state index contributed by atoms with van der Waals surface area (Å²) in [7, 11) is 1.64. The number of hydrogen-bond donors (Lipinski definition) is 0. The van der Waals surface area contributed by atoms with Crippen LogP contribution in [-0.4, -0.2) is 7.11 Å². The van der Waals surface area contributed by atoms with Crippen LogP contribution in [0.5, 0.6) is 0 Å². The molecule has 1 rings (SSSR count). The number of rotatable bonds is 6. The molecule has 0 aliphatic heterocycles. The number of unbranched alkanes of at least 4 members (excludes halogenated alkanes) is 2. The van der Waals surface area contributed by atoms with Crippen LogP contribution in [0, 0.1) is 5.82 Å². The Labute approximate surface area is 91.3 Å².